The van der Waals surface area contributed by atoms with Gasteiger partial charge in [0.2, 0.25) is 0 Å². The molecule has 0 bridgehead atoms. The van der Waals surface area contributed by atoms with E-state index in [1.807, 2.05) is 19.1 Å². The number of rotatable bonds is 5. The van der Waals surface area contributed by atoms with Crippen molar-refractivity contribution in [1.29, 1.82) is 0 Å². The first-order valence-electron chi connectivity index (χ1n) is 6.21. The zero-order chi connectivity index (χ0) is 13.0. The number of fused-ring (bicyclic) bond motifs is 1. The molecule has 1 amide bonds. The molecule has 18 heavy (non-hydrogen) atoms. The van der Waals surface area contributed by atoms with Crippen molar-refractivity contribution >= 4 is 16.9 Å². The molecule has 0 saturated carbocycles. The molecule has 0 aliphatic heterocycles. The van der Waals surface area contributed by atoms with Crippen molar-refractivity contribution in [3.63, 3.8) is 0 Å². The molecule has 5 heteroatoms. The molecule has 1 heterocycles. The maximum Gasteiger partial charge on any atom is 0.251 e. The van der Waals surface area contributed by atoms with Gasteiger partial charge in [-0.05, 0) is 31.2 Å². The minimum Gasteiger partial charge on any atom is -0.352 e. The van der Waals surface area contributed by atoms with E-state index < -0.39 is 0 Å². The Morgan fingerprint density at radius 2 is 2.33 bits per heavy atom. The van der Waals surface area contributed by atoms with Gasteiger partial charge in [0.1, 0.15) is 5.82 Å². The molecular formula is C13H18N4O. The zero-order valence-electron chi connectivity index (χ0n) is 10.5. The summed E-state index contributed by atoms with van der Waals surface area (Å²) in [5.41, 5.74) is 7.82. The molecule has 2 rings (SSSR count). The van der Waals surface area contributed by atoms with Crippen LogP contribution in [0.2, 0.25) is 0 Å². The van der Waals surface area contributed by atoms with Gasteiger partial charge in [-0.15, -0.1) is 0 Å². The van der Waals surface area contributed by atoms with Crippen LogP contribution >= 0.6 is 0 Å². The molecule has 0 atom stereocenters. The molecule has 96 valence electrons. The van der Waals surface area contributed by atoms with Gasteiger partial charge in [0, 0.05) is 18.5 Å². The quantitative estimate of drug-likeness (QED) is 0.693. The van der Waals surface area contributed by atoms with Crippen LogP contribution in [0, 0.1) is 0 Å². The Labute approximate surface area is 106 Å². The Morgan fingerprint density at radius 1 is 1.50 bits per heavy atom. The van der Waals surface area contributed by atoms with Crippen molar-refractivity contribution in [2.75, 3.05) is 13.1 Å². The predicted molar refractivity (Wildman–Crippen MR) is 71.5 cm³/mol. The minimum absolute atomic E-state index is 0.0713. The molecule has 0 unspecified atom stereocenters. The van der Waals surface area contributed by atoms with Gasteiger partial charge in [-0.3, -0.25) is 4.79 Å². The predicted octanol–water partition coefficient (Wildman–Crippen LogP) is 1.20. The van der Waals surface area contributed by atoms with E-state index in [4.69, 9.17) is 5.73 Å². The third-order valence-electron chi connectivity index (χ3n) is 2.79. The fraction of sp³-hybridized carbons (Fsp3) is 0.385. The van der Waals surface area contributed by atoms with Gasteiger partial charge in [0.15, 0.2) is 0 Å². The number of carbonyl (C=O) groups is 1. The number of aryl methyl sites for hydroxylation is 1. The molecule has 5 nitrogen and oxygen atoms in total. The highest BCUT2D eigenvalue weighted by Crippen LogP contribution is 2.14. The molecule has 4 N–H and O–H groups in total. The molecule has 0 radical (unpaired) electrons. The molecule has 0 aliphatic rings. The summed E-state index contributed by atoms with van der Waals surface area (Å²) in [4.78, 5) is 19.5. The molecule has 1 aromatic heterocycles. The molecule has 0 saturated heterocycles. The monoisotopic (exact) mass is 246 g/mol. The van der Waals surface area contributed by atoms with Gasteiger partial charge in [-0.1, -0.05) is 6.92 Å². The Balaban J connectivity index is 2.15. The van der Waals surface area contributed by atoms with E-state index in [0.29, 0.717) is 18.7 Å². The normalized spacial score (nSPS) is 10.8. The number of aromatic nitrogens is 2. The molecule has 2 aromatic rings. The van der Waals surface area contributed by atoms with Crippen LogP contribution in [0.5, 0.6) is 0 Å². The smallest absolute Gasteiger partial charge is 0.251 e. The van der Waals surface area contributed by atoms with Crippen LogP contribution in [0.15, 0.2) is 18.2 Å². The maximum absolute atomic E-state index is 11.9. The van der Waals surface area contributed by atoms with Gasteiger partial charge in [0.25, 0.3) is 5.91 Å². The number of nitrogens with two attached hydrogens (primary N) is 1. The summed E-state index contributed by atoms with van der Waals surface area (Å²) < 4.78 is 0. The van der Waals surface area contributed by atoms with Crippen molar-refractivity contribution in [2.24, 2.45) is 5.73 Å². The number of imidazole rings is 1. The summed E-state index contributed by atoms with van der Waals surface area (Å²) in [6.45, 7) is 3.23. The number of nitrogens with one attached hydrogen (secondary N) is 2. The van der Waals surface area contributed by atoms with Crippen molar-refractivity contribution in [3.8, 4) is 0 Å². The maximum atomic E-state index is 11.9. The summed E-state index contributed by atoms with van der Waals surface area (Å²) in [5.74, 6) is 0.865. The van der Waals surface area contributed by atoms with Crippen molar-refractivity contribution < 1.29 is 4.79 Å². The van der Waals surface area contributed by atoms with E-state index in [1.54, 1.807) is 6.07 Å². The average Bonchev–Trinajstić information content (AvgIpc) is 2.80. The van der Waals surface area contributed by atoms with E-state index in [0.717, 1.165) is 29.7 Å². The standard InChI is InChI=1S/C13H18N4O/c1-2-12-16-10-5-4-9(8-11(10)17-12)13(18)15-7-3-6-14/h4-5,8H,2-3,6-7,14H2,1H3,(H,15,18)(H,16,17). The summed E-state index contributed by atoms with van der Waals surface area (Å²) >= 11 is 0. The van der Waals surface area contributed by atoms with Crippen molar-refractivity contribution in [2.45, 2.75) is 19.8 Å². The fourth-order valence-electron chi connectivity index (χ4n) is 1.78. The SMILES string of the molecule is CCc1nc2ccc(C(=O)NCCCN)cc2[nH]1. The number of hydrogen-bond acceptors (Lipinski definition) is 3. The summed E-state index contributed by atoms with van der Waals surface area (Å²) in [6, 6.07) is 5.49. The van der Waals surface area contributed by atoms with Gasteiger partial charge >= 0.3 is 0 Å². The molecule has 0 aliphatic carbocycles. The van der Waals surface area contributed by atoms with E-state index in [2.05, 4.69) is 15.3 Å². The van der Waals surface area contributed by atoms with E-state index >= 15 is 0 Å². The highest BCUT2D eigenvalue weighted by Gasteiger charge is 2.07. The summed E-state index contributed by atoms with van der Waals surface area (Å²) in [6.07, 6.45) is 1.64. The number of carbonyl (C=O) groups excluding carboxylic acids is 1. The number of hydrogen-bond donors (Lipinski definition) is 3. The third kappa shape index (κ3) is 2.68. The zero-order valence-corrected chi connectivity index (χ0v) is 10.5. The lowest BCUT2D eigenvalue weighted by Gasteiger charge is -2.03. The Hall–Kier alpha value is -1.88. The van der Waals surface area contributed by atoms with Gasteiger partial charge in [-0.25, -0.2) is 4.98 Å². The van der Waals surface area contributed by atoms with E-state index in [9.17, 15) is 4.79 Å². The van der Waals surface area contributed by atoms with Crippen LogP contribution in [-0.4, -0.2) is 29.0 Å². The van der Waals surface area contributed by atoms with Crippen LogP contribution in [0.1, 0.15) is 29.5 Å². The van der Waals surface area contributed by atoms with Gasteiger partial charge in [-0.2, -0.15) is 0 Å². The molecule has 0 spiro atoms. The van der Waals surface area contributed by atoms with Crippen LogP contribution in [0.4, 0.5) is 0 Å². The lowest BCUT2D eigenvalue weighted by Crippen LogP contribution is -2.25. The first-order valence-corrected chi connectivity index (χ1v) is 6.21. The third-order valence-corrected chi connectivity index (χ3v) is 2.79. The average molecular weight is 246 g/mol. The fourth-order valence-corrected chi connectivity index (χ4v) is 1.78. The lowest BCUT2D eigenvalue weighted by atomic mass is 10.2. The number of nitrogens with zero attached hydrogens (tertiary/aromatic N) is 1. The first-order chi connectivity index (χ1) is 8.74. The molecular weight excluding hydrogens is 228 g/mol. The Bertz CT molecular complexity index is 547. The van der Waals surface area contributed by atoms with Crippen molar-refractivity contribution in [3.05, 3.63) is 29.6 Å². The molecule has 1 aromatic carbocycles. The van der Waals surface area contributed by atoms with Crippen molar-refractivity contribution in [1.82, 2.24) is 15.3 Å². The lowest BCUT2D eigenvalue weighted by molar-refractivity contribution is 0.0953. The first kappa shape index (κ1) is 12.6. The van der Waals surface area contributed by atoms with Crippen LogP contribution < -0.4 is 11.1 Å². The summed E-state index contributed by atoms with van der Waals surface area (Å²) in [7, 11) is 0. The van der Waals surface area contributed by atoms with Gasteiger partial charge < -0.3 is 16.0 Å². The Morgan fingerprint density at radius 3 is 3.06 bits per heavy atom. The number of benzene rings is 1. The minimum atomic E-state index is -0.0713. The second-order valence-corrected chi connectivity index (χ2v) is 4.17. The number of amides is 1. The van der Waals surface area contributed by atoms with Gasteiger partial charge in [0.05, 0.1) is 11.0 Å². The second kappa shape index (κ2) is 5.64. The van der Waals surface area contributed by atoms with Crippen LogP contribution in [0.3, 0.4) is 0 Å². The second-order valence-electron chi connectivity index (χ2n) is 4.17. The molecule has 0 fully saturated rings. The highest BCUT2D eigenvalue weighted by atomic mass is 16.1. The topological polar surface area (TPSA) is 83.8 Å². The van der Waals surface area contributed by atoms with Crippen LogP contribution in [0.25, 0.3) is 11.0 Å². The number of aromatic amines is 1. The largest absolute Gasteiger partial charge is 0.352 e. The van der Waals surface area contributed by atoms with E-state index in [-0.39, 0.29) is 5.91 Å². The van der Waals surface area contributed by atoms with Crippen LogP contribution in [-0.2, 0) is 6.42 Å². The van der Waals surface area contributed by atoms with E-state index in [1.165, 1.54) is 0 Å². The number of H-pyrrole nitrogens is 1. The summed E-state index contributed by atoms with van der Waals surface area (Å²) in [5, 5.41) is 2.83. The Kier molecular flexibility index (Phi) is 3.94. The highest BCUT2D eigenvalue weighted by molar-refractivity contribution is 5.97.